The Hall–Kier alpha value is -3.28. The number of nitrogens with zero attached hydrogens (tertiary/aromatic N) is 1. The molecule has 0 atom stereocenters. The van der Waals surface area contributed by atoms with Crippen molar-refractivity contribution >= 4 is 23.1 Å². The third-order valence-electron chi connectivity index (χ3n) is 6.07. The molecule has 0 unspecified atom stereocenters. The molecule has 1 aliphatic carbocycles. The molecule has 2 N–H and O–H groups in total. The summed E-state index contributed by atoms with van der Waals surface area (Å²) >= 11 is 0. The van der Waals surface area contributed by atoms with Crippen LogP contribution < -0.4 is 10.5 Å². The quantitative estimate of drug-likeness (QED) is 0.645. The summed E-state index contributed by atoms with van der Waals surface area (Å²) in [7, 11) is 0. The molecule has 6 heteroatoms. The minimum Gasteiger partial charge on any atom is -0.489 e. The van der Waals surface area contributed by atoms with Gasteiger partial charge in [0.05, 0.1) is 0 Å². The van der Waals surface area contributed by atoms with Gasteiger partial charge in [-0.25, -0.2) is 4.79 Å². The maximum atomic E-state index is 12.7. The lowest BCUT2D eigenvalue weighted by Gasteiger charge is -2.26. The monoisotopic (exact) mass is 448 g/mol. The summed E-state index contributed by atoms with van der Waals surface area (Å²) in [6.07, 6.45) is 2.47. The Morgan fingerprint density at radius 2 is 1.73 bits per heavy atom. The Morgan fingerprint density at radius 1 is 1.00 bits per heavy atom. The highest BCUT2D eigenvalue weighted by Gasteiger charge is 2.26. The summed E-state index contributed by atoms with van der Waals surface area (Å²) in [5, 5.41) is 0. The Balaban J connectivity index is 1.54. The van der Waals surface area contributed by atoms with Gasteiger partial charge < -0.3 is 20.1 Å². The number of hydrogen-bond donors (Lipinski definition) is 1. The molecule has 6 nitrogen and oxygen atoms in total. The van der Waals surface area contributed by atoms with Crippen LogP contribution in [0, 0.1) is 0 Å². The number of amides is 1. The maximum absolute atomic E-state index is 12.7. The maximum Gasteiger partial charge on any atom is 0.410 e. The number of fused-ring (bicyclic) bond motifs is 1. The van der Waals surface area contributed by atoms with Gasteiger partial charge in [-0.2, -0.15) is 0 Å². The van der Waals surface area contributed by atoms with E-state index in [9.17, 15) is 9.59 Å². The minimum atomic E-state index is -0.534. The van der Waals surface area contributed by atoms with Crippen LogP contribution >= 0.6 is 0 Å². The number of nitrogens with two attached hydrogens (primary N) is 1. The number of carbonyl (C=O) groups is 2. The first-order chi connectivity index (χ1) is 15.7. The van der Waals surface area contributed by atoms with Gasteiger partial charge in [0.25, 0.3) is 0 Å². The Morgan fingerprint density at radius 3 is 2.45 bits per heavy atom. The molecule has 174 valence electrons. The first kappa shape index (κ1) is 22.9. The van der Waals surface area contributed by atoms with E-state index in [-0.39, 0.29) is 11.9 Å². The average molecular weight is 449 g/mol. The van der Waals surface area contributed by atoms with Crippen molar-refractivity contribution in [2.45, 2.75) is 52.1 Å². The van der Waals surface area contributed by atoms with Gasteiger partial charge >= 0.3 is 6.09 Å². The van der Waals surface area contributed by atoms with Gasteiger partial charge in [-0.05, 0) is 86.6 Å². The highest BCUT2D eigenvalue weighted by atomic mass is 16.6. The van der Waals surface area contributed by atoms with E-state index in [4.69, 9.17) is 15.2 Å². The van der Waals surface area contributed by atoms with Gasteiger partial charge in [0.15, 0.2) is 5.78 Å². The van der Waals surface area contributed by atoms with Crippen molar-refractivity contribution < 1.29 is 19.1 Å². The highest BCUT2D eigenvalue weighted by Crippen LogP contribution is 2.31. The van der Waals surface area contributed by atoms with Gasteiger partial charge in [0.2, 0.25) is 0 Å². The van der Waals surface area contributed by atoms with Crippen LogP contribution in [-0.2, 0) is 11.2 Å². The number of anilines is 1. The SMILES string of the molecule is CC(C)(C)OC(=O)N1CCC(COc2ccc3c(c2)C(=O)CC3)=C(c2ccc(N)cc2)CC1. The molecule has 2 aromatic carbocycles. The second kappa shape index (κ2) is 9.30. The van der Waals surface area contributed by atoms with E-state index in [0.717, 1.165) is 28.7 Å². The highest BCUT2D eigenvalue weighted by molar-refractivity contribution is 6.00. The predicted octanol–water partition coefficient (Wildman–Crippen LogP) is 5.26. The summed E-state index contributed by atoms with van der Waals surface area (Å²) < 4.78 is 11.8. The van der Waals surface area contributed by atoms with E-state index >= 15 is 0 Å². The van der Waals surface area contributed by atoms with Crippen molar-refractivity contribution in [1.29, 1.82) is 0 Å². The van der Waals surface area contributed by atoms with E-state index in [0.29, 0.717) is 50.4 Å². The number of ketones is 1. The van der Waals surface area contributed by atoms with Crippen molar-refractivity contribution in [1.82, 2.24) is 4.90 Å². The molecule has 4 rings (SSSR count). The molecule has 0 aromatic heterocycles. The van der Waals surface area contributed by atoms with Crippen LogP contribution in [0.25, 0.3) is 5.57 Å². The van der Waals surface area contributed by atoms with Gasteiger partial charge in [0.1, 0.15) is 18.0 Å². The van der Waals surface area contributed by atoms with Crippen LogP contribution in [0.2, 0.25) is 0 Å². The number of hydrogen-bond acceptors (Lipinski definition) is 5. The number of Topliss-reactive ketones (excluding diaryl/α,β-unsaturated/α-hetero) is 1. The summed E-state index contributed by atoms with van der Waals surface area (Å²) in [4.78, 5) is 26.6. The zero-order valence-electron chi connectivity index (χ0n) is 19.6. The minimum absolute atomic E-state index is 0.180. The van der Waals surface area contributed by atoms with Crippen molar-refractivity contribution in [2.75, 3.05) is 25.4 Å². The fourth-order valence-electron chi connectivity index (χ4n) is 4.33. The van der Waals surface area contributed by atoms with Crippen molar-refractivity contribution in [2.24, 2.45) is 0 Å². The molecule has 0 spiro atoms. The van der Waals surface area contributed by atoms with Crippen molar-refractivity contribution in [3.8, 4) is 5.75 Å². The molecule has 1 amide bonds. The van der Waals surface area contributed by atoms with E-state index in [1.165, 1.54) is 5.57 Å². The zero-order chi connectivity index (χ0) is 23.6. The second-order valence-corrected chi connectivity index (χ2v) is 9.70. The third kappa shape index (κ3) is 5.56. The van der Waals surface area contributed by atoms with E-state index in [1.54, 1.807) is 4.90 Å². The average Bonchev–Trinajstić information content (AvgIpc) is 2.99. The van der Waals surface area contributed by atoms with E-state index < -0.39 is 5.60 Å². The van der Waals surface area contributed by atoms with E-state index in [2.05, 4.69) is 0 Å². The lowest BCUT2D eigenvalue weighted by atomic mass is 9.96. The predicted molar refractivity (Wildman–Crippen MR) is 129 cm³/mol. The lowest BCUT2D eigenvalue weighted by molar-refractivity contribution is 0.0259. The van der Waals surface area contributed by atoms with Gasteiger partial charge in [-0.1, -0.05) is 18.2 Å². The Bertz CT molecular complexity index is 1080. The summed E-state index contributed by atoms with van der Waals surface area (Å²) in [5.74, 6) is 0.876. The first-order valence-electron chi connectivity index (χ1n) is 11.5. The van der Waals surface area contributed by atoms with Gasteiger partial charge in [-0.3, -0.25) is 4.79 Å². The molecule has 2 aliphatic rings. The molecular weight excluding hydrogens is 416 g/mol. The number of rotatable bonds is 4. The number of benzene rings is 2. The van der Waals surface area contributed by atoms with Crippen LogP contribution in [0.15, 0.2) is 48.0 Å². The number of carbonyl (C=O) groups excluding carboxylic acids is 2. The van der Waals surface area contributed by atoms with Crippen LogP contribution in [0.4, 0.5) is 10.5 Å². The van der Waals surface area contributed by atoms with Crippen molar-refractivity contribution in [3.63, 3.8) is 0 Å². The van der Waals surface area contributed by atoms with Crippen LogP contribution in [0.1, 0.15) is 61.5 Å². The molecule has 0 bridgehead atoms. The van der Waals surface area contributed by atoms with Crippen LogP contribution in [-0.4, -0.2) is 42.1 Å². The van der Waals surface area contributed by atoms with Gasteiger partial charge in [0, 0.05) is 30.8 Å². The molecule has 0 radical (unpaired) electrons. The standard InChI is InChI=1S/C27H32N2O4/c1-27(2,3)33-26(31)29-14-12-20(23(13-15-29)18-4-8-21(28)9-5-18)17-32-22-10-6-19-7-11-25(30)24(19)16-22/h4-6,8-10,16H,7,11-15,17,28H2,1-3H3. The van der Waals surface area contributed by atoms with Crippen LogP contribution in [0.5, 0.6) is 5.75 Å². The molecule has 2 aromatic rings. The largest absolute Gasteiger partial charge is 0.489 e. The van der Waals surface area contributed by atoms with Gasteiger partial charge in [-0.15, -0.1) is 0 Å². The molecule has 1 aliphatic heterocycles. The third-order valence-corrected chi connectivity index (χ3v) is 6.07. The second-order valence-electron chi connectivity index (χ2n) is 9.70. The number of aryl methyl sites for hydroxylation is 1. The Labute approximate surface area is 195 Å². The molecule has 1 heterocycles. The lowest BCUT2D eigenvalue weighted by Crippen LogP contribution is -2.37. The van der Waals surface area contributed by atoms with Crippen LogP contribution in [0.3, 0.4) is 0 Å². The topological polar surface area (TPSA) is 81.9 Å². The smallest absolute Gasteiger partial charge is 0.410 e. The summed E-state index contributed by atoms with van der Waals surface area (Å²) in [6, 6.07) is 13.6. The Kier molecular flexibility index (Phi) is 6.45. The molecular formula is C27H32N2O4. The molecule has 0 saturated heterocycles. The first-order valence-corrected chi connectivity index (χ1v) is 11.5. The number of nitrogen functional groups attached to an aromatic ring is 1. The zero-order valence-corrected chi connectivity index (χ0v) is 19.6. The normalized spacial score (nSPS) is 16.5. The van der Waals surface area contributed by atoms with E-state index in [1.807, 2.05) is 63.2 Å². The summed E-state index contributed by atoms with van der Waals surface area (Å²) in [5.41, 5.74) is 11.3. The van der Waals surface area contributed by atoms with Crippen molar-refractivity contribution in [3.05, 3.63) is 64.7 Å². The summed E-state index contributed by atoms with van der Waals surface area (Å²) in [6.45, 7) is 7.17. The molecule has 33 heavy (non-hydrogen) atoms. The fourth-order valence-corrected chi connectivity index (χ4v) is 4.33. The number of ether oxygens (including phenoxy) is 2. The fraction of sp³-hybridized carbons (Fsp3) is 0.407. The molecule has 0 fully saturated rings. The molecule has 0 saturated carbocycles.